The summed E-state index contributed by atoms with van der Waals surface area (Å²) in [6.07, 6.45) is 0. The van der Waals surface area contributed by atoms with E-state index in [2.05, 4.69) is 10.1 Å². The number of hydrogen-bond acceptors (Lipinski definition) is 3. The molecule has 0 saturated heterocycles. The lowest BCUT2D eigenvalue weighted by molar-refractivity contribution is -0.141. The van der Waals surface area contributed by atoms with Crippen LogP contribution in [0.2, 0.25) is 0 Å². The van der Waals surface area contributed by atoms with Gasteiger partial charge in [-0.05, 0) is 24.6 Å². The summed E-state index contributed by atoms with van der Waals surface area (Å²) >= 11 is 0. The highest BCUT2D eigenvalue weighted by atomic mass is 19.1. The van der Waals surface area contributed by atoms with Crippen molar-refractivity contribution in [3.63, 3.8) is 0 Å². The van der Waals surface area contributed by atoms with E-state index in [9.17, 15) is 14.0 Å². The molecule has 0 spiro atoms. The molecule has 0 fully saturated rings. The number of urea groups is 1. The van der Waals surface area contributed by atoms with E-state index in [1.54, 1.807) is 26.1 Å². The first-order valence-electron chi connectivity index (χ1n) is 5.92. The molecule has 5 nitrogen and oxygen atoms in total. The lowest BCUT2D eigenvalue weighted by Crippen LogP contribution is -2.39. The number of hydrogen-bond donors (Lipinski definition) is 1. The van der Waals surface area contributed by atoms with Gasteiger partial charge in [-0.2, -0.15) is 0 Å². The molecule has 19 heavy (non-hydrogen) atoms. The van der Waals surface area contributed by atoms with Crippen LogP contribution in [0.15, 0.2) is 24.3 Å². The van der Waals surface area contributed by atoms with Crippen LogP contribution in [0.25, 0.3) is 0 Å². The molecule has 0 aliphatic heterocycles. The minimum absolute atomic E-state index is 0.166. The Bertz CT molecular complexity index is 434. The maximum Gasteiger partial charge on any atom is 0.325 e. The fraction of sp³-hybridized carbons (Fsp3) is 0.385. The first kappa shape index (κ1) is 14.9. The molecule has 0 bridgehead atoms. The number of benzene rings is 1. The van der Waals surface area contributed by atoms with E-state index in [4.69, 9.17) is 0 Å². The molecule has 2 amide bonds. The second-order valence-corrected chi connectivity index (χ2v) is 3.95. The van der Waals surface area contributed by atoms with Gasteiger partial charge in [0.15, 0.2) is 0 Å². The Morgan fingerprint density at radius 1 is 1.32 bits per heavy atom. The Hall–Kier alpha value is -2.11. The van der Waals surface area contributed by atoms with Crippen LogP contribution in [0.5, 0.6) is 0 Å². The van der Waals surface area contributed by atoms with Crippen LogP contribution in [-0.4, -0.2) is 37.1 Å². The first-order chi connectivity index (χ1) is 9.02. The van der Waals surface area contributed by atoms with Crippen LogP contribution in [0.4, 0.5) is 9.18 Å². The van der Waals surface area contributed by atoms with Crippen molar-refractivity contribution in [3.05, 3.63) is 35.6 Å². The molecule has 0 atom stereocenters. The van der Waals surface area contributed by atoms with Crippen molar-refractivity contribution in [3.8, 4) is 0 Å². The van der Waals surface area contributed by atoms with E-state index < -0.39 is 12.0 Å². The number of nitrogens with zero attached hydrogens (tertiary/aromatic N) is 1. The zero-order chi connectivity index (χ0) is 14.3. The monoisotopic (exact) mass is 268 g/mol. The van der Waals surface area contributed by atoms with Gasteiger partial charge in [-0.3, -0.25) is 4.79 Å². The maximum absolute atomic E-state index is 12.7. The predicted octanol–water partition coefficient (Wildman–Crippen LogP) is 1.53. The van der Waals surface area contributed by atoms with Crippen molar-refractivity contribution in [2.24, 2.45) is 0 Å². The van der Waals surface area contributed by atoms with E-state index >= 15 is 0 Å². The number of carbonyl (C=O) groups is 2. The number of rotatable bonds is 5. The highest BCUT2D eigenvalue weighted by Crippen LogP contribution is 2.05. The van der Waals surface area contributed by atoms with Crippen LogP contribution in [0.1, 0.15) is 12.5 Å². The van der Waals surface area contributed by atoms with Crippen molar-refractivity contribution in [1.82, 2.24) is 10.2 Å². The fourth-order valence-electron chi connectivity index (χ4n) is 1.43. The minimum Gasteiger partial charge on any atom is -0.465 e. The molecule has 0 unspecified atom stereocenters. The topological polar surface area (TPSA) is 58.6 Å². The van der Waals surface area contributed by atoms with E-state index in [1.807, 2.05) is 0 Å². The molecule has 6 heteroatoms. The van der Waals surface area contributed by atoms with Crippen molar-refractivity contribution in [1.29, 1.82) is 0 Å². The normalized spacial score (nSPS) is 9.84. The second kappa shape index (κ2) is 7.35. The van der Waals surface area contributed by atoms with Crippen LogP contribution >= 0.6 is 0 Å². The summed E-state index contributed by atoms with van der Waals surface area (Å²) in [5.74, 6) is -0.802. The van der Waals surface area contributed by atoms with Crippen LogP contribution < -0.4 is 5.32 Å². The lowest BCUT2D eigenvalue weighted by Gasteiger charge is -2.17. The molecule has 1 aromatic rings. The molecule has 0 radical (unpaired) electrons. The van der Waals surface area contributed by atoms with Gasteiger partial charge >= 0.3 is 12.0 Å². The average Bonchev–Trinajstić information content (AvgIpc) is 2.39. The van der Waals surface area contributed by atoms with Crippen molar-refractivity contribution >= 4 is 12.0 Å². The quantitative estimate of drug-likeness (QED) is 0.824. The van der Waals surface area contributed by atoms with Gasteiger partial charge in [0.2, 0.25) is 0 Å². The summed E-state index contributed by atoms with van der Waals surface area (Å²) in [6, 6.07) is 5.48. The van der Waals surface area contributed by atoms with Gasteiger partial charge in [-0.1, -0.05) is 12.1 Å². The molecular weight excluding hydrogens is 251 g/mol. The number of nitrogens with one attached hydrogen (secondary N) is 1. The summed E-state index contributed by atoms with van der Waals surface area (Å²) in [4.78, 5) is 24.1. The largest absolute Gasteiger partial charge is 0.465 e. The van der Waals surface area contributed by atoms with E-state index in [-0.39, 0.29) is 19.0 Å². The summed E-state index contributed by atoms with van der Waals surface area (Å²) in [5.41, 5.74) is 0.801. The lowest BCUT2D eigenvalue weighted by atomic mass is 10.2. The molecular formula is C13H17FN2O3. The summed E-state index contributed by atoms with van der Waals surface area (Å²) in [6.45, 7) is 2.13. The first-order valence-corrected chi connectivity index (χ1v) is 5.92. The summed E-state index contributed by atoms with van der Waals surface area (Å²) in [5, 5.41) is 2.44. The van der Waals surface area contributed by atoms with Gasteiger partial charge in [0.1, 0.15) is 12.4 Å². The van der Waals surface area contributed by atoms with Gasteiger partial charge in [0, 0.05) is 13.6 Å². The molecule has 104 valence electrons. The molecule has 0 aromatic heterocycles. The third-order valence-electron chi connectivity index (χ3n) is 2.37. The second-order valence-electron chi connectivity index (χ2n) is 3.95. The third-order valence-corrected chi connectivity index (χ3v) is 2.37. The van der Waals surface area contributed by atoms with Crippen LogP contribution in [0.3, 0.4) is 0 Å². The third kappa shape index (κ3) is 5.37. The smallest absolute Gasteiger partial charge is 0.325 e. The number of carbonyl (C=O) groups excluding carboxylic acids is 2. The molecule has 0 aliphatic carbocycles. The molecule has 1 N–H and O–H groups in total. The fourth-order valence-corrected chi connectivity index (χ4v) is 1.43. The highest BCUT2D eigenvalue weighted by Gasteiger charge is 2.11. The Morgan fingerprint density at radius 3 is 2.53 bits per heavy atom. The van der Waals surface area contributed by atoms with Crippen molar-refractivity contribution < 1.29 is 18.7 Å². The highest BCUT2D eigenvalue weighted by molar-refractivity contribution is 5.80. The Labute approximate surface area is 111 Å². The zero-order valence-corrected chi connectivity index (χ0v) is 11.0. The van der Waals surface area contributed by atoms with E-state index in [0.29, 0.717) is 6.54 Å². The molecule has 1 rings (SSSR count). The molecule has 1 aromatic carbocycles. The van der Waals surface area contributed by atoms with Gasteiger partial charge in [0.05, 0.1) is 6.61 Å². The minimum atomic E-state index is -0.481. The summed E-state index contributed by atoms with van der Waals surface area (Å²) < 4.78 is 17.4. The SMILES string of the molecule is CCOC(=O)CNC(=O)N(C)Cc1ccc(F)cc1. The standard InChI is InChI=1S/C13H17FN2O3/c1-3-19-12(17)8-15-13(18)16(2)9-10-4-6-11(14)7-5-10/h4-7H,3,8-9H2,1-2H3,(H,15,18). The average molecular weight is 268 g/mol. The van der Waals surface area contributed by atoms with E-state index in [1.165, 1.54) is 17.0 Å². The van der Waals surface area contributed by atoms with Gasteiger partial charge < -0.3 is 15.0 Å². The van der Waals surface area contributed by atoms with Crippen LogP contribution in [0, 0.1) is 5.82 Å². The Balaban J connectivity index is 2.40. The van der Waals surface area contributed by atoms with Gasteiger partial charge in [-0.15, -0.1) is 0 Å². The number of amides is 2. The Morgan fingerprint density at radius 2 is 1.95 bits per heavy atom. The maximum atomic E-state index is 12.7. The van der Waals surface area contributed by atoms with Gasteiger partial charge in [0.25, 0.3) is 0 Å². The zero-order valence-electron chi connectivity index (χ0n) is 11.0. The molecule has 0 heterocycles. The van der Waals surface area contributed by atoms with Crippen LogP contribution in [-0.2, 0) is 16.1 Å². The predicted molar refractivity (Wildman–Crippen MR) is 67.9 cm³/mol. The number of esters is 1. The van der Waals surface area contributed by atoms with Gasteiger partial charge in [-0.25, -0.2) is 9.18 Å². The van der Waals surface area contributed by atoms with E-state index in [0.717, 1.165) is 5.56 Å². The van der Waals surface area contributed by atoms with Crippen molar-refractivity contribution in [2.45, 2.75) is 13.5 Å². The Kier molecular flexibility index (Phi) is 5.78. The molecule has 0 saturated carbocycles. The number of halogens is 1. The van der Waals surface area contributed by atoms with Crippen molar-refractivity contribution in [2.75, 3.05) is 20.2 Å². The molecule has 0 aliphatic rings. The summed E-state index contributed by atoms with van der Waals surface area (Å²) in [7, 11) is 1.59. The number of ether oxygens (including phenoxy) is 1.